The molecule has 0 saturated heterocycles. The molecule has 0 saturated carbocycles. The molecule has 108 valence electrons. The minimum absolute atomic E-state index is 0.0673. The minimum Gasteiger partial charge on any atom is -0.370 e. The fourth-order valence-electron chi connectivity index (χ4n) is 2.20. The van der Waals surface area contributed by atoms with Crippen LogP contribution in [-0.4, -0.2) is 26.9 Å². The first-order valence-electron chi connectivity index (χ1n) is 6.83. The van der Waals surface area contributed by atoms with Crippen molar-refractivity contribution in [3.63, 3.8) is 0 Å². The Morgan fingerprint density at radius 3 is 2.75 bits per heavy atom. The first-order chi connectivity index (χ1) is 9.51. The highest BCUT2D eigenvalue weighted by Crippen LogP contribution is 2.33. The number of anilines is 1. The molecule has 1 atom stereocenters. The van der Waals surface area contributed by atoms with Crippen LogP contribution in [0.4, 0.5) is 5.82 Å². The van der Waals surface area contributed by atoms with Crippen molar-refractivity contribution in [2.45, 2.75) is 40.0 Å². The second kappa shape index (κ2) is 5.79. The number of halogens is 1. The molecular formula is C14H19ClN4O. The highest BCUT2D eigenvalue weighted by atomic mass is 35.5. The summed E-state index contributed by atoms with van der Waals surface area (Å²) in [5, 5.41) is 8.02. The Kier molecular flexibility index (Phi) is 4.28. The quantitative estimate of drug-likeness (QED) is 0.677. The van der Waals surface area contributed by atoms with Crippen molar-refractivity contribution in [2.75, 3.05) is 11.9 Å². The van der Waals surface area contributed by atoms with Gasteiger partial charge in [0.05, 0.1) is 11.8 Å². The lowest BCUT2D eigenvalue weighted by Gasteiger charge is -2.18. The predicted molar refractivity (Wildman–Crippen MR) is 80.9 cm³/mol. The molecule has 5 nitrogen and oxygen atoms in total. The molecule has 0 amide bonds. The summed E-state index contributed by atoms with van der Waals surface area (Å²) in [6.45, 7) is 8.46. The van der Waals surface area contributed by atoms with E-state index in [0.717, 1.165) is 24.3 Å². The van der Waals surface area contributed by atoms with Gasteiger partial charge in [0.1, 0.15) is 11.0 Å². The molecule has 1 N–H and O–H groups in total. The summed E-state index contributed by atoms with van der Waals surface area (Å²) in [6, 6.07) is 0. The van der Waals surface area contributed by atoms with E-state index in [9.17, 15) is 4.79 Å². The number of nitrogens with zero attached hydrogens (tertiary/aromatic N) is 3. The van der Waals surface area contributed by atoms with Crippen LogP contribution in [0.25, 0.3) is 5.65 Å². The second-order valence-electron chi connectivity index (χ2n) is 4.85. The number of rotatable bonds is 5. The zero-order valence-electron chi connectivity index (χ0n) is 12.2. The van der Waals surface area contributed by atoms with Crippen LogP contribution in [-0.2, 0) is 0 Å². The molecule has 0 aromatic carbocycles. The van der Waals surface area contributed by atoms with Crippen LogP contribution in [0, 0.1) is 0 Å². The van der Waals surface area contributed by atoms with Crippen LogP contribution in [0.3, 0.4) is 0 Å². The van der Waals surface area contributed by atoms with E-state index in [1.165, 1.54) is 6.92 Å². The molecule has 2 aromatic heterocycles. The minimum atomic E-state index is -0.0673. The van der Waals surface area contributed by atoms with Gasteiger partial charge in [0.25, 0.3) is 0 Å². The molecule has 1 unspecified atom stereocenters. The number of hydrogen-bond acceptors (Lipinski definition) is 4. The van der Waals surface area contributed by atoms with Crippen LogP contribution in [0.5, 0.6) is 0 Å². The summed E-state index contributed by atoms with van der Waals surface area (Å²) >= 11 is 6.35. The number of nitrogens with one attached hydrogen (secondary N) is 1. The van der Waals surface area contributed by atoms with Crippen LogP contribution < -0.4 is 5.32 Å². The van der Waals surface area contributed by atoms with E-state index in [4.69, 9.17) is 11.6 Å². The van der Waals surface area contributed by atoms with E-state index >= 15 is 0 Å². The number of hydrogen-bond donors (Lipinski definition) is 1. The summed E-state index contributed by atoms with van der Waals surface area (Å²) in [6.07, 6.45) is 2.49. The van der Waals surface area contributed by atoms with Gasteiger partial charge in [-0.25, -0.2) is 4.98 Å². The van der Waals surface area contributed by atoms with Crippen molar-refractivity contribution in [3.05, 3.63) is 22.5 Å². The molecule has 6 heteroatoms. The van der Waals surface area contributed by atoms with Gasteiger partial charge >= 0.3 is 0 Å². The molecule has 0 spiro atoms. The van der Waals surface area contributed by atoms with E-state index < -0.39 is 0 Å². The van der Waals surface area contributed by atoms with Crippen LogP contribution >= 0.6 is 11.6 Å². The molecule has 0 radical (unpaired) electrons. The van der Waals surface area contributed by atoms with Gasteiger partial charge in [-0.05, 0) is 26.2 Å². The topological polar surface area (TPSA) is 59.3 Å². The molecule has 20 heavy (non-hydrogen) atoms. The molecule has 0 fully saturated rings. The second-order valence-corrected chi connectivity index (χ2v) is 5.21. The molecule has 2 aromatic rings. The molecule has 0 bridgehead atoms. The van der Waals surface area contributed by atoms with E-state index in [-0.39, 0.29) is 11.7 Å². The van der Waals surface area contributed by atoms with Gasteiger partial charge in [0.15, 0.2) is 11.4 Å². The first kappa shape index (κ1) is 14.8. The van der Waals surface area contributed by atoms with E-state index in [1.54, 1.807) is 10.7 Å². The highest BCUT2D eigenvalue weighted by Gasteiger charge is 2.21. The van der Waals surface area contributed by atoms with Crippen LogP contribution in [0.15, 0.2) is 6.20 Å². The van der Waals surface area contributed by atoms with Crippen molar-refractivity contribution in [1.82, 2.24) is 14.6 Å². The molecule has 2 heterocycles. The van der Waals surface area contributed by atoms with E-state index in [1.807, 2.05) is 6.92 Å². The zero-order valence-corrected chi connectivity index (χ0v) is 13.0. The Balaban J connectivity index is 2.78. The summed E-state index contributed by atoms with van der Waals surface area (Å²) in [7, 11) is 0. The van der Waals surface area contributed by atoms with Crippen molar-refractivity contribution >= 4 is 28.8 Å². The molecular weight excluding hydrogens is 276 g/mol. The lowest BCUT2D eigenvalue weighted by atomic mass is 10.0. The molecule has 0 aliphatic heterocycles. The van der Waals surface area contributed by atoms with Gasteiger partial charge in [-0.2, -0.15) is 9.61 Å². The smallest absolute Gasteiger partial charge is 0.169 e. The maximum atomic E-state index is 11.6. The number of carbonyl (C=O) groups is 1. The average molecular weight is 295 g/mol. The Morgan fingerprint density at radius 2 is 2.20 bits per heavy atom. The number of ketones is 1. The Morgan fingerprint density at radius 1 is 1.50 bits per heavy atom. The largest absolute Gasteiger partial charge is 0.370 e. The van der Waals surface area contributed by atoms with Crippen molar-refractivity contribution in [2.24, 2.45) is 0 Å². The maximum absolute atomic E-state index is 11.6. The zero-order chi connectivity index (χ0) is 14.9. The van der Waals surface area contributed by atoms with Gasteiger partial charge in [-0.1, -0.05) is 25.4 Å². The van der Waals surface area contributed by atoms with Gasteiger partial charge in [-0.3, -0.25) is 4.79 Å². The Bertz CT molecular complexity index is 650. The Hall–Kier alpha value is -1.62. The van der Waals surface area contributed by atoms with E-state index in [0.29, 0.717) is 16.4 Å². The summed E-state index contributed by atoms with van der Waals surface area (Å²) in [5.41, 5.74) is 1.94. The molecule has 0 aliphatic rings. The number of carbonyl (C=O) groups excluding carboxylic acids is 1. The standard InChI is InChI=1S/C14H19ClN4O/c1-5-8(3)11-12(15)18-13-10(9(4)20)7-17-19(13)14(11)16-6-2/h7-8,16H,5-6H2,1-4H3. The molecule has 0 aliphatic carbocycles. The Labute approximate surface area is 123 Å². The van der Waals surface area contributed by atoms with Gasteiger partial charge < -0.3 is 5.32 Å². The van der Waals surface area contributed by atoms with Gasteiger partial charge in [-0.15, -0.1) is 0 Å². The third-order valence-electron chi connectivity index (χ3n) is 3.47. The number of aromatic nitrogens is 3. The summed E-state index contributed by atoms with van der Waals surface area (Å²) in [5.74, 6) is 1.02. The fraction of sp³-hybridized carbons (Fsp3) is 0.500. The van der Waals surface area contributed by atoms with Crippen molar-refractivity contribution in [3.8, 4) is 0 Å². The summed E-state index contributed by atoms with van der Waals surface area (Å²) in [4.78, 5) is 16.0. The van der Waals surface area contributed by atoms with E-state index in [2.05, 4.69) is 29.2 Å². The monoisotopic (exact) mass is 294 g/mol. The van der Waals surface area contributed by atoms with Crippen LogP contribution in [0.1, 0.15) is 56.0 Å². The fourth-order valence-corrected chi connectivity index (χ4v) is 2.56. The van der Waals surface area contributed by atoms with Crippen LogP contribution in [0.2, 0.25) is 5.15 Å². The van der Waals surface area contributed by atoms with Crippen molar-refractivity contribution in [1.29, 1.82) is 0 Å². The first-order valence-corrected chi connectivity index (χ1v) is 7.20. The average Bonchev–Trinajstić information content (AvgIpc) is 2.82. The van der Waals surface area contributed by atoms with Gasteiger partial charge in [0, 0.05) is 12.1 Å². The summed E-state index contributed by atoms with van der Waals surface area (Å²) < 4.78 is 1.67. The highest BCUT2D eigenvalue weighted by molar-refractivity contribution is 6.30. The SMILES string of the molecule is CCNc1c(C(C)CC)c(Cl)nc2c(C(C)=O)cnn12. The maximum Gasteiger partial charge on any atom is 0.169 e. The number of Topliss-reactive ketones (excluding diaryl/α,β-unsaturated/α-hetero) is 1. The van der Waals surface area contributed by atoms with Crippen molar-refractivity contribution < 1.29 is 4.79 Å². The third kappa shape index (κ3) is 2.38. The normalized spacial score (nSPS) is 12.7. The predicted octanol–water partition coefficient (Wildman–Crippen LogP) is 3.53. The lowest BCUT2D eigenvalue weighted by molar-refractivity contribution is 0.101. The lowest BCUT2D eigenvalue weighted by Crippen LogP contribution is -2.12. The molecule has 2 rings (SSSR count). The van der Waals surface area contributed by atoms with Gasteiger partial charge in [0.2, 0.25) is 0 Å². The third-order valence-corrected chi connectivity index (χ3v) is 3.75. The number of fused-ring (bicyclic) bond motifs is 1.